The molecule has 0 amide bonds. The van der Waals surface area contributed by atoms with Crippen LogP contribution in [0, 0.1) is 11.8 Å². The van der Waals surface area contributed by atoms with Gasteiger partial charge in [0.15, 0.2) is 0 Å². The van der Waals surface area contributed by atoms with Crippen LogP contribution in [-0.2, 0) is 0 Å². The fourth-order valence-corrected chi connectivity index (χ4v) is 1.58. The molecular weight excluding hydrogens is 160 g/mol. The molecule has 0 aromatic carbocycles. The zero-order chi connectivity index (χ0) is 10.2. The third-order valence-electron chi connectivity index (χ3n) is 2.15. The van der Waals surface area contributed by atoms with Gasteiger partial charge >= 0.3 is 0 Å². The van der Waals surface area contributed by atoms with Gasteiger partial charge in [-0.2, -0.15) is 0 Å². The molecule has 76 valence electrons. The van der Waals surface area contributed by atoms with Crippen LogP contribution in [0.5, 0.6) is 0 Å². The SMILES string of the molecule is CCC#CCC(O)(CCC)CCC. The van der Waals surface area contributed by atoms with E-state index in [1.54, 1.807) is 0 Å². The fourth-order valence-electron chi connectivity index (χ4n) is 1.58. The molecule has 0 heterocycles. The third-order valence-corrected chi connectivity index (χ3v) is 2.15. The van der Waals surface area contributed by atoms with E-state index in [9.17, 15) is 5.11 Å². The van der Waals surface area contributed by atoms with Crippen molar-refractivity contribution in [1.82, 2.24) is 0 Å². The first-order valence-electron chi connectivity index (χ1n) is 5.36. The fraction of sp³-hybridized carbons (Fsp3) is 0.833. The number of rotatable bonds is 5. The van der Waals surface area contributed by atoms with Gasteiger partial charge in [-0.25, -0.2) is 0 Å². The molecule has 0 fully saturated rings. The minimum atomic E-state index is -0.522. The lowest BCUT2D eigenvalue weighted by molar-refractivity contribution is 0.0263. The summed E-state index contributed by atoms with van der Waals surface area (Å²) >= 11 is 0. The van der Waals surface area contributed by atoms with Gasteiger partial charge in [0.1, 0.15) is 0 Å². The lowest BCUT2D eigenvalue weighted by atomic mass is 9.89. The Morgan fingerprint density at radius 2 is 1.54 bits per heavy atom. The molecular formula is C12H22O. The van der Waals surface area contributed by atoms with Gasteiger partial charge < -0.3 is 5.11 Å². The maximum Gasteiger partial charge on any atom is 0.0756 e. The van der Waals surface area contributed by atoms with Crippen molar-refractivity contribution < 1.29 is 5.11 Å². The predicted octanol–water partition coefficient (Wildman–Crippen LogP) is 3.12. The standard InChI is InChI=1S/C12H22O/c1-4-7-8-11-12(13,9-5-2)10-6-3/h13H,4-6,9-11H2,1-3H3. The van der Waals surface area contributed by atoms with Crippen LogP contribution in [0.4, 0.5) is 0 Å². The molecule has 0 aliphatic carbocycles. The molecule has 0 bridgehead atoms. The summed E-state index contributed by atoms with van der Waals surface area (Å²) in [6.45, 7) is 6.24. The molecule has 13 heavy (non-hydrogen) atoms. The van der Waals surface area contributed by atoms with E-state index in [2.05, 4.69) is 25.7 Å². The first-order valence-corrected chi connectivity index (χ1v) is 5.36. The highest BCUT2D eigenvalue weighted by Crippen LogP contribution is 2.22. The topological polar surface area (TPSA) is 20.2 Å². The van der Waals surface area contributed by atoms with Crippen molar-refractivity contribution in [3.05, 3.63) is 0 Å². The molecule has 0 aromatic heterocycles. The van der Waals surface area contributed by atoms with Gasteiger partial charge in [-0.1, -0.05) is 33.6 Å². The van der Waals surface area contributed by atoms with E-state index < -0.39 is 5.60 Å². The molecule has 0 saturated carbocycles. The van der Waals surface area contributed by atoms with E-state index in [0.29, 0.717) is 6.42 Å². The summed E-state index contributed by atoms with van der Waals surface area (Å²) in [5.41, 5.74) is -0.522. The smallest absolute Gasteiger partial charge is 0.0756 e. The molecule has 0 unspecified atom stereocenters. The Balaban J connectivity index is 4.05. The van der Waals surface area contributed by atoms with Gasteiger partial charge in [0.05, 0.1) is 5.60 Å². The summed E-state index contributed by atoms with van der Waals surface area (Å²) in [6.07, 6.45) is 5.34. The lowest BCUT2D eigenvalue weighted by Crippen LogP contribution is -2.27. The number of aliphatic hydroxyl groups is 1. The van der Waals surface area contributed by atoms with Crippen molar-refractivity contribution in [2.75, 3.05) is 0 Å². The maximum atomic E-state index is 10.1. The van der Waals surface area contributed by atoms with E-state index in [0.717, 1.165) is 32.1 Å². The van der Waals surface area contributed by atoms with Crippen molar-refractivity contribution in [3.63, 3.8) is 0 Å². The summed E-state index contributed by atoms with van der Waals surface area (Å²) in [6, 6.07) is 0. The van der Waals surface area contributed by atoms with Crippen LogP contribution >= 0.6 is 0 Å². The molecule has 1 nitrogen and oxygen atoms in total. The predicted molar refractivity (Wildman–Crippen MR) is 57.4 cm³/mol. The van der Waals surface area contributed by atoms with Gasteiger partial charge in [0, 0.05) is 12.8 Å². The molecule has 0 saturated heterocycles. The summed E-state index contributed by atoms with van der Waals surface area (Å²) in [5.74, 6) is 6.06. The molecule has 0 rings (SSSR count). The molecule has 0 spiro atoms. The Morgan fingerprint density at radius 1 is 1.00 bits per heavy atom. The van der Waals surface area contributed by atoms with Crippen LogP contribution in [0.15, 0.2) is 0 Å². The average Bonchev–Trinajstić information content (AvgIpc) is 2.05. The molecule has 1 N–H and O–H groups in total. The zero-order valence-corrected chi connectivity index (χ0v) is 9.19. The van der Waals surface area contributed by atoms with Crippen LogP contribution in [-0.4, -0.2) is 10.7 Å². The molecule has 0 radical (unpaired) electrons. The van der Waals surface area contributed by atoms with Gasteiger partial charge in [0.2, 0.25) is 0 Å². The maximum absolute atomic E-state index is 10.1. The second-order valence-corrected chi connectivity index (χ2v) is 3.61. The summed E-state index contributed by atoms with van der Waals surface area (Å²) < 4.78 is 0. The van der Waals surface area contributed by atoms with Crippen LogP contribution in [0.3, 0.4) is 0 Å². The second kappa shape index (κ2) is 6.97. The van der Waals surface area contributed by atoms with Crippen LogP contribution in [0.2, 0.25) is 0 Å². The minimum absolute atomic E-state index is 0.522. The van der Waals surface area contributed by atoms with Gasteiger partial charge in [-0.15, -0.1) is 11.8 Å². The normalized spacial score (nSPS) is 10.8. The van der Waals surface area contributed by atoms with Gasteiger partial charge in [-0.3, -0.25) is 0 Å². The summed E-state index contributed by atoms with van der Waals surface area (Å²) in [4.78, 5) is 0. The Bertz CT molecular complexity index is 167. The van der Waals surface area contributed by atoms with E-state index >= 15 is 0 Å². The second-order valence-electron chi connectivity index (χ2n) is 3.61. The molecule has 1 heteroatoms. The van der Waals surface area contributed by atoms with E-state index in [-0.39, 0.29) is 0 Å². The first-order chi connectivity index (χ1) is 6.18. The molecule has 0 aliphatic rings. The third kappa shape index (κ3) is 5.71. The van der Waals surface area contributed by atoms with E-state index in [1.165, 1.54) is 0 Å². The van der Waals surface area contributed by atoms with Crippen molar-refractivity contribution in [3.8, 4) is 11.8 Å². The van der Waals surface area contributed by atoms with E-state index in [4.69, 9.17) is 0 Å². The quantitative estimate of drug-likeness (QED) is 0.648. The molecule has 0 aliphatic heterocycles. The van der Waals surface area contributed by atoms with Gasteiger partial charge in [0.25, 0.3) is 0 Å². The van der Waals surface area contributed by atoms with Crippen LogP contribution < -0.4 is 0 Å². The molecule has 0 aromatic rings. The largest absolute Gasteiger partial charge is 0.389 e. The van der Waals surface area contributed by atoms with Crippen LogP contribution in [0.25, 0.3) is 0 Å². The summed E-state index contributed by atoms with van der Waals surface area (Å²) in [7, 11) is 0. The first kappa shape index (κ1) is 12.5. The van der Waals surface area contributed by atoms with Crippen molar-refractivity contribution in [2.45, 2.75) is 64.9 Å². The van der Waals surface area contributed by atoms with E-state index in [1.807, 2.05) is 6.92 Å². The van der Waals surface area contributed by atoms with Crippen molar-refractivity contribution in [2.24, 2.45) is 0 Å². The van der Waals surface area contributed by atoms with Crippen molar-refractivity contribution >= 4 is 0 Å². The Morgan fingerprint density at radius 3 is 1.92 bits per heavy atom. The Labute approximate surface area is 82.5 Å². The van der Waals surface area contributed by atoms with Crippen LogP contribution in [0.1, 0.15) is 59.3 Å². The lowest BCUT2D eigenvalue weighted by Gasteiger charge is -2.24. The minimum Gasteiger partial charge on any atom is -0.389 e. The highest BCUT2D eigenvalue weighted by molar-refractivity contribution is 5.03. The number of hydrogen-bond acceptors (Lipinski definition) is 1. The highest BCUT2D eigenvalue weighted by atomic mass is 16.3. The monoisotopic (exact) mass is 182 g/mol. The average molecular weight is 182 g/mol. The zero-order valence-electron chi connectivity index (χ0n) is 9.19. The molecule has 0 atom stereocenters. The Hall–Kier alpha value is -0.480. The highest BCUT2D eigenvalue weighted by Gasteiger charge is 2.22. The Kier molecular flexibility index (Phi) is 6.72. The van der Waals surface area contributed by atoms with Gasteiger partial charge in [-0.05, 0) is 12.8 Å². The van der Waals surface area contributed by atoms with Crippen molar-refractivity contribution in [1.29, 1.82) is 0 Å². The number of hydrogen-bond donors (Lipinski definition) is 1. The summed E-state index contributed by atoms with van der Waals surface area (Å²) in [5, 5.41) is 10.1.